The van der Waals surface area contributed by atoms with Crippen LogP contribution in [0.15, 0.2) is 130 Å². The smallest absolute Gasteiger partial charge is 0.160 e. The van der Waals surface area contributed by atoms with Gasteiger partial charge in [-0.25, -0.2) is 4.99 Å². The van der Waals surface area contributed by atoms with Gasteiger partial charge in [-0.05, 0) is 66.2 Å². The summed E-state index contributed by atoms with van der Waals surface area (Å²) >= 11 is 1.76. The molecule has 44 heavy (non-hydrogen) atoms. The van der Waals surface area contributed by atoms with Gasteiger partial charge in [0.1, 0.15) is 29.1 Å². The van der Waals surface area contributed by atoms with Gasteiger partial charge in [-0.1, -0.05) is 66.4 Å². The number of ether oxygens (including phenoxy) is 3. The lowest BCUT2D eigenvalue weighted by molar-refractivity contribution is 0.174. The number of methoxy groups -OCH3 is 2. The highest BCUT2D eigenvalue weighted by molar-refractivity contribution is 7.99. The summed E-state index contributed by atoms with van der Waals surface area (Å²) in [5, 5.41) is 14.1. The number of nitrogens with zero attached hydrogens (tertiary/aromatic N) is 2. The van der Waals surface area contributed by atoms with Gasteiger partial charge in [0.05, 0.1) is 37.2 Å². The van der Waals surface area contributed by atoms with E-state index >= 15 is 0 Å². The maximum absolute atomic E-state index is 10.5. The van der Waals surface area contributed by atoms with Crippen LogP contribution in [-0.4, -0.2) is 31.7 Å². The van der Waals surface area contributed by atoms with Crippen molar-refractivity contribution in [2.24, 2.45) is 10.9 Å². The second-order valence-electron chi connectivity index (χ2n) is 10.5. The summed E-state index contributed by atoms with van der Waals surface area (Å²) in [6.07, 6.45) is -0.497. The topological polar surface area (TPSA) is 75.6 Å². The Balaban J connectivity index is 1.45. The Labute approximate surface area is 260 Å². The number of para-hydroxylation sites is 6. The van der Waals surface area contributed by atoms with Gasteiger partial charge in [-0.15, -0.1) is 0 Å². The molecule has 0 aromatic heterocycles. The zero-order chi connectivity index (χ0) is 30.0. The fraction of sp³-hybridized carbons (Fsp3) is 0.139. The van der Waals surface area contributed by atoms with Crippen LogP contribution in [0.2, 0.25) is 0 Å². The average molecular weight is 602 g/mol. The number of phenols is 1. The molecule has 7 nitrogen and oxygen atoms in total. The molecule has 8 heteroatoms. The van der Waals surface area contributed by atoms with Crippen LogP contribution in [0.4, 0.5) is 22.7 Å². The third-order valence-corrected chi connectivity index (χ3v) is 8.99. The summed E-state index contributed by atoms with van der Waals surface area (Å²) in [4.78, 5) is 9.95. The molecule has 0 spiro atoms. The van der Waals surface area contributed by atoms with E-state index in [2.05, 4.69) is 58.7 Å². The number of hydrogen-bond donors (Lipinski definition) is 2. The molecular formula is C36H31N3O4S. The van der Waals surface area contributed by atoms with Crippen molar-refractivity contribution >= 4 is 40.3 Å². The molecule has 0 bridgehead atoms. The normalized spacial score (nSPS) is 16.8. The second kappa shape index (κ2) is 11.9. The molecule has 5 aromatic carbocycles. The maximum Gasteiger partial charge on any atom is 0.160 e. The quantitative estimate of drug-likeness (QED) is 0.202. The van der Waals surface area contributed by atoms with Crippen molar-refractivity contribution < 1.29 is 19.3 Å². The Morgan fingerprint density at radius 3 is 2.20 bits per heavy atom. The molecule has 2 N–H and O–H groups in total. The molecule has 0 amide bonds. The minimum absolute atomic E-state index is 0.0683. The van der Waals surface area contributed by atoms with Crippen molar-refractivity contribution in [1.82, 2.24) is 0 Å². The van der Waals surface area contributed by atoms with Gasteiger partial charge in [0.25, 0.3) is 0 Å². The highest BCUT2D eigenvalue weighted by Gasteiger charge is 2.39. The summed E-state index contributed by atoms with van der Waals surface area (Å²) in [6, 6.07) is 38.0. The van der Waals surface area contributed by atoms with Crippen molar-refractivity contribution in [3.05, 3.63) is 121 Å². The third kappa shape index (κ3) is 5.07. The molecule has 7 rings (SSSR count). The van der Waals surface area contributed by atoms with Crippen molar-refractivity contribution in [1.29, 1.82) is 0 Å². The fourth-order valence-corrected chi connectivity index (χ4v) is 6.82. The average Bonchev–Trinajstić information content (AvgIpc) is 3.23. The van der Waals surface area contributed by atoms with Gasteiger partial charge in [-0.3, -0.25) is 4.90 Å². The van der Waals surface area contributed by atoms with Gasteiger partial charge in [0.15, 0.2) is 11.5 Å². The molecule has 5 aromatic rings. The molecule has 2 aliphatic heterocycles. The SMILES string of the molecule is COc1cc(C2Oc3ccccc3N=C(N3c4ccccc4Sc4ccccc43)C2CNc2ccccc2OC)ccc1O. The Morgan fingerprint density at radius 1 is 0.795 bits per heavy atom. The highest BCUT2D eigenvalue weighted by atomic mass is 32.2. The van der Waals surface area contributed by atoms with Crippen LogP contribution in [0.25, 0.3) is 0 Å². The largest absolute Gasteiger partial charge is 0.504 e. The van der Waals surface area contributed by atoms with Crippen LogP contribution in [0, 0.1) is 5.92 Å². The number of anilines is 3. The minimum atomic E-state index is -0.497. The van der Waals surface area contributed by atoms with Crippen LogP contribution in [0.1, 0.15) is 11.7 Å². The summed E-state index contributed by atoms with van der Waals surface area (Å²) < 4.78 is 18.1. The van der Waals surface area contributed by atoms with E-state index < -0.39 is 6.10 Å². The van der Waals surface area contributed by atoms with Crippen LogP contribution in [0.5, 0.6) is 23.0 Å². The summed E-state index contributed by atoms with van der Waals surface area (Å²) in [7, 11) is 3.22. The standard InChI is InChI=1S/C36H31N3O4S/c1-41-30-15-7-3-11-25(30)37-22-24-35(23-19-20-29(40)32(21-23)42-2)43-31-16-8-4-12-26(31)38-36(24)39-27-13-5-9-17-33(27)44-34-18-10-6-14-28(34)39/h3-21,24,35,37,40H,22H2,1-2H3. The van der Waals surface area contributed by atoms with Crippen LogP contribution < -0.4 is 24.4 Å². The van der Waals surface area contributed by atoms with Crippen molar-refractivity contribution in [3.63, 3.8) is 0 Å². The molecule has 0 aliphatic carbocycles. The lowest BCUT2D eigenvalue weighted by Crippen LogP contribution is -2.41. The van der Waals surface area contributed by atoms with Crippen LogP contribution in [0.3, 0.4) is 0 Å². The zero-order valence-corrected chi connectivity index (χ0v) is 25.1. The number of benzene rings is 5. The predicted molar refractivity (Wildman–Crippen MR) is 176 cm³/mol. The number of rotatable bonds is 6. The number of hydrogen-bond acceptors (Lipinski definition) is 8. The van der Waals surface area contributed by atoms with E-state index in [9.17, 15) is 5.11 Å². The monoisotopic (exact) mass is 601 g/mol. The van der Waals surface area contributed by atoms with Crippen LogP contribution in [-0.2, 0) is 0 Å². The second-order valence-corrected chi connectivity index (χ2v) is 11.6. The van der Waals surface area contributed by atoms with E-state index in [4.69, 9.17) is 19.2 Å². The Bertz CT molecular complexity index is 1810. The maximum atomic E-state index is 10.5. The lowest BCUT2D eigenvalue weighted by atomic mass is 9.92. The van der Waals surface area contributed by atoms with Crippen molar-refractivity contribution in [3.8, 4) is 23.0 Å². The first kappa shape index (κ1) is 27.7. The van der Waals surface area contributed by atoms with Gasteiger partial charge in [-0.2, -0.15) is 0 Å². The predicted octanol–water partition coefficient (Wildman–Crippen LogP) is 8.60. The minimum Gasteiger partial charge on any atom is -0.504 e. The van der Waals surface area contributed by atoms with E-state index in [1.165, 1.54) is 0 Å². The van der Waals surface area contributed by atoms with Gasteiger partial charge < -0.3 is 24.6 Å². The van der Waals surface area contributed by atoms with E-state index in [0.717, 1.165) is 49.7 Å². The molecule has 0 radical (unpaired) electrons. The van der Waals surface area contributed by atoms with E-state index in [1.54, 1.807) is 32.0 Å². The first-order valence-corrected chi connectivity index (χ1v) is 15.2. The molecule has 2 atom stereocenters. The molecular weight excluding hydrogens is 570 g/mol. The number of fused-ring (bicyclic) bond motifs is 3. The first-order chi connectivity index (χ1) is 21.6. The Morgan fingerprint density at radius 2 is 1.45 bits per heavy atom. The van der Waals surface area contributed by atoms with E-state index in [-0.39, 0.29) is 11.7 Å². The van der Waals surface area contributed by atoms with E-state index in [1.807, 2.05) is 60.7 Å². The van der Waals surface area contributed by atoms with E-state index in [0.29, 0.717) is 18.0 Å². The van der Waals surface area contributed by atoms with Gasteiger partial charge in [0, 0.05) is 16.3 Å². The molecule has 2 unspecified atom stereocenters. The van der Waals surface area contributed by atoms with Crippen LogP contribution >= 0.6 is 11.8 Å². The van der Waals surface area contributed by atoms with Crippen molar-refractivity contribution in [2.75, 3.05) is 31.0 Å². The number of aliphatic imine (C=N–C) groups is 1. The van der Waals surface area contributed by atoms with Gasteiger partial charge >= 0.3 is 0 Å². The Hall–Kier alpha value is -5.08. The number of phenolic OH excluding ortho intramolecular Hbond substituents is 1. The zero-order valence-electron chi connectivity index (χ0n) is 24.3. The molecule has 0 fully saturated rings. The molecule has 2 heterocycles. The summed E-state index contributed by atoms with van der Waals surface area (Å²) in [6.45, 7) is 0.467. The summed E-state index contributed by atoms with van der Waals surface area (Å²) in [5.41, 5.74) is 4.57. The third-order valence-electron chi connectivity index (χ3n) is 7.86. The lowest BCUT2D eigenvalue weighted by Gasteiger charge is -2.38. The summed E-state index contributed by atoms with van der Waals surface area (Å²) in [5.74, 6) is 2.38. The Kier molecular flexibility index (Phi) is 7.50. The molecule has 0 saturated carbocycles. The number of nitrogens with one attached hydrogen (secondary N) is 1. The van der Waals surface area contributed by atoms with Gasteiger partial charge in [0.2, 0.25) is 0 Å². The molecule has 0 saturated heterocycles. The first-order valence-electron chi connectivity index (χ1n) is 14.4. The number of aromatic hydroxyl groups is 1. The number of amidine groups is 1. The fourth-order valence-electron chi connectivity index (χ4n) is 5.76. The molecule has 2 aliphatic rings. The highest BCUT2D eigenvalue weighted by Crippen LogP contribution is 2.51. The van der Waals surface area contributed by atoms with Crippen molar-refractivity contribution in [2.45, 2.75) is 15.9 Å². The molecule has 220 valence electrons.